The molecule has 0 spiro atoms. The maximum Gasteiger partial charge on any atom is 0.301 e. The van der Waals surface area contributed by atoms with Gasteiger partial charge < -0.3 is 9.84 Å². The van der Waals surface area contributed by atoms with E-state index in [9.17, 15) is 14.7 Å². The summed E-state index contributed by atoms with van der Waals surface area (Å²) in [5.41, 5.74) is 0.975. The zero-order valence-electron chi connectivity index (χ0n) is 16.0. The molecule has 3 aromatic rings. The largest absolute Gasteiger partial charge is 0.507 e. The number of carbonyl (C=O) groups is 2. The van der Waals surface area contributed by atoms with Gasteiger partial charge in [0.05, 0.1) is 18.7 Å². The van der Waals surface area contributed by atoms with Crippen LogP contribution in [0.2, 0.25) is 5.02 Å². The number of aliphatic hydroxyl groups excluding tert-OH is 1. The maximum atomic E-state index is 13.0. The lowest BCUT2D eigenvalue weighted by Crippen LogP contribution is -2.29. The number of aromatic nitrogens is 2. The van der Waals surface area contributed by atoms with E-state index in [2.05, 4.69) is 10.2 Å². The average Bonchev–Trinajstić information content (AvgIpc) is 3.29. The van der Waals surface area contributed by atoms with E-state index in [1.807, 2.05) is 0 Å². The first kappa shape index (κ1) is 20.1. The molecule has 9 heteroatoms. The molecule has 1 aliphatic heterocycles. The third kappa shape index (κ3) is 3.44. The molecule has 1 atom stereocenters. The molecule has 1 N–H and O–H groups in total. The Labute approximate surface area is 181 Å². The minimum Gasteiger partial charge on any atom is -0.507 e. The summed E-state index contributed by atoms with van der Waals surface area (Å²) in [4.78, 5) is 27.2. The fourth-order valence-corrected chi connectivity index (χ4v) is 4.12. The van der Waals surface area contributed by atoms with Crippen LogP contribution in [0.1, 0.15) is 22.2 Å². The van der Waals surface area contributed by atoms with E-state index >= 15 is 0 Å². The molecule has 1 unspecified atom stereocenters. The second-order valence-corrected chi connectivity index (χ2v) is 8.15. The quantitative estimate of drug-likeness (QED) is 0.371. The lowest BCUT2D eigenvalue weighted by molar-refractivity contribution is -0.132. The number of aliphatic hydroxyl groups is 1. The highest BCUT2D eigenvalue weighted by Gasteiger charge is 2.48. The lowest BCUT2D eigenvalue weighted by Gasteiger charge is -2.22. The smallest absolute Gasteiger partial charge is 0.301 e. The van der Waals surface area contributed by atoms with Gasteiger partial charge in [-0.05, 0) is 48.9 Å². The first-order valence-corrected chi connectivity index (χ1v) is 10.1. The molecule has 2 heterocycles. The molecule has 152 valence electrons. The van der Waals surface area contributed by atoms with Gasteiger partial charge in [-0.25, -0.2) is 0 Å². The van der Waals surface area contributed by atoms with Gasteiger partial charge in [0.2, 0.25) is 5.13 Å². The molecular weight excluding hydrogens is 426 g/mol. The third-order valence-electron chi connectivity index (χ3n) is 4.72. The SMILES string of the molecule is COc1ccc(C(O)=C2C(=O)C(=O)N(c3nnc(C)s3)C2c2ccc(Cl)cc2)cc1. The van der Waals surface area contributed by atoms with Crippen LogP contribution in [0, 0.1) is 6.92 Å². The van der Waals surface area contributed by atoms with Gasteiger partial charge in [0.15, 0.2) is 0 Å². The van der Waals surface area contributed by atoms with Crippen molar-refractivity contribution in [3.63, 3.8) is 0 Å². The Hall–Kier alpha value is -3.23. The number of rotatable bonds is 4. The molecule has 0 aliphatic carbocycles. The Balaban J connectivity index is 1.91. The van der Waals surface area contributed by atoms with E-state index < -0.39 is 17.7 Å². The number of benzene rings is 2. The van der Waals surface area contributed by atoms with Crippen molar-refractivity contribution in [3.05, 3.63) is 75.3 Å². The highest BCUT2D eigenvalue weighted by molar-refractivity contribution is 7.15. The Morgan fingerprint density at radius 1 is 1.10 bits per heavy atom. The van der Waals surface area contributed by atoms with Crippen molar-refractivity contribution in [1.29, 1.82) is 0 Å². The van der Waals surface area contributed by atoms with Crippen molar-refractivity contribution in [2.75, 3.05) is 12.0 Å². The molecule has 1 saturated heterocycles. The second kappa shape index (κ2) is 7.89. The summed E-state index contributed by atoms with van der Waals surface area (Å²) < 4.78 is 5.14. The van der Waals surface area contributed by atoms with Crippen LogP contribution in [0.15, 0.2) is 54.1 Å². The number of hydrogen-bond acceptors (Lipinski definition) is 7. The topological polar surface area (TPSA) is 92.6 Å². The molecule has 0 saturated carbocycles. The molecule has 30 heavy (non-hydrogen) atoms. The van der Waals surface area contributed by atoms with Gasteiger partial charge in [0, 0.05) is 10.6 Å². The molecule has 0 bridgehead atoms. The number of methoxy groups -OCH3 is 1. The van der Waals surface area contributed by atoms with Gasteiger partial charge >= 0.3 is 5.91 Å². The Kier molecular flexibility index (Phi) is 5.27. The van der Waals surface area contributed by atoms with Crippen LogP contribution in [-0.4, -0.2) is 34.1 Å². The highest BCUT2D eigenvalue weighted by atomic mass is 35.5. The number of halogens is 1. The number of ketones is 1. The number of hydrogen-bond donors (Lipinski definition) is 1. The number of ether oxygens (including phenoxy) is 1. The predicted molar refractivity (Wildman–Crippen MR) is 114 cm³/mol. The molecule has 0 radical (unpaired) electrons. The standard InChI is InChI=1S/C21H16ClN3O4S/c1-11-23-24-21(30-11)25-17(12-3-7-14(22)8-4-12)16(19(27)20(25)28)18(26)13-5-9-15(29-2)10-6-13/h3-10,17,26H,1-2H3. The van der Waals surface area contributed by atoms with Crippen LogP contribution < -0.4 is 9.64 Å². The number of amides is 1. The average molecular weight is 442 g/mol. The summed E-state index contributed by atoms with van der Waals surface area (Å²) in [6.45, 7) is 1.76. The monoisotopic (exact) mass is 441 g/mol. The van der Waals surface area contributed by atoms with Gasteiger partial charge in [0.25, 0.3) is 5.78 Å². The molecule has 1 fully saturated rings. The Morgan fingerprint density at radius 3 is 2.33 bits per heavy atom. The van der Waals surface area contributed by atoms with E-state index in [-0.39, 0.29) is 16.5 Å². The normalized spacial score (nSPS) is 18.1. The Morgan fingerprint density at radius 2 is 1.77 bits per heavy atom. The predicted octanol–water partition coefficient (Wildman–Crippen LogP) is 4.13. The first-order valence-electron chi connectivity index (χ1n) is 8.91. The van der Waals surface area contributed by atoms with Crippen LogP contribution in [0.5, 0.6) is 5.75 Å². The van der Waals surface area contributed by atoms with Crippen molar-refractivity contribution >= 4 is 45.5 Å². The van der Waals surface area contributed by atoms with Crippen molar-refractivity contribution in [1.82, 2.24) is 10.2 Å². The molecule has 4 rings (SSSR count). The number of carbonyl (C=O) groups excluding carboxylic acids is 2. The summed E-state index contributed by atoms with van der Waals surface area (Å²) in [5, 5.41) is 20.5. The lowest BCUT2D eigenvalue weighted by atomic mass is 9.95. The van der Waals surface area contributed by atoms with Crippen LogP contribution in [0.4, 0.5) is 5.13 Å². The molecule has 2 aromatic carbocycles. The van der Waals surface area contributed by atoms with Crippen molar-refractivity contribution < 1.29 is 19.4 Å². The maximum absolute atomic E-state index is 13.0. The molecule has 1 aromatic heterocycles. The van der Waals surface area contributed by atoms with Gasteiger partial charge in [-0.1, -0.05) is 35.1 Å². The van der Waals surface area contributed by atoms with Gasteiger partial charge in [-0.2, -0.15) is 0 Å². The van der Waals surface area contributed by atoms with E-state index in [4.69, 9.17) is 16.3 Å². The van der Waals surface area contributed by atoms with E-state index in [1.54, 1.807) is 55.5 Å². The molecule has 1 aliphatic rings. The van der Waals surface area contributed by atoms with Crippen molar-refractivity contribution in [2.45, 2.75) is 13.0 Å². The Bertz CT molecular complexity index is 1160. The summed E-state index contributed by atoms with van der Waals surface area (Å²) in [5.74, 6) is -1.25. The van der Waals surface area contributed by atoms with Crippen LogP contribution in [0.25, 0.3) is 5.76 Å². The summed E-state index contributed by atoms with van der Waals surface area (Å²) >= 11 is 7.21. The fraction of sp³-hybridized carbons (Fsp3) is 0.143. The third-order valence-corrected chi connectivity index (χ3v) is 5.81. The zero-order chi connectivity index (χ0) is 21.4. The van der Waals surface area contributed by atoms with Crippen LogP contribution in [-0.2, 0) is 9.59 Å². The first-order chi connectivity index (χ1) is 14.4. The van der Waals surface area contributed by atoms with Crippen LogP contribution >= 0.6 is 22.9 Å². The van der Waals surface area contributed by atoms with E-state index in [0.717, 1.165) is 0 Å². The number of nitrogens with zero attached hydrogens (tertiary/aromatic N) is 3. The van der Waals surface area contributed by atoms with E-state index in [0.29, 0.717) is 26.9 Å². The highest BCUT2D eigenvalue weighted by Crippen LogP contribution is 2.43. The van der Waals surface area contributed by atoms with Crippen molar-refractivity contribution in [2.24, 2.45) is 0 Å². The summed E-state index contributed by atoms with van der Waals surface area (Å²) in [6, 6.07) is 12.4. The minimum absolute atomic E-state index is 0.0275. The number of aryl methyl sites for hydroxylation is 1. The zero-order valence-corrected chi connectivity index (χ0v) is 17.6. The van der Waals surface area contributed by atoms with Gasteiger partial charge in [-0.3, -0.25) is 14.5 Å². The minimum atomic E-state index is -0.864. The summed E-state index contributed by atoms with van der Waals surface area (Å²) in [7, 11) is 1.53. The fourth-order valence-electron chi connectivity index (χ4n) is 3.28. The number of anilines is 1. The second-order valence-electron chi connectivity index (χ2n) is 6.55. The van der Waals surface area contributed by atoms with Gasteiger partial charge in [0.1, 0.15) is 16.5 Å². The van der Waals surface area contributed by atoms with Crippen molar-refractivity contribution in [3.8, 4) is 5.75 Å². The molecular formula is C21H16ClN3O4S. The summed E-state index contributed by atoms with van der Waals surface area (Å²) in [6.07, 6.45) is 0. The van der Waals surface area contributed by atoms with Gasteiger partial charge in [-0.15, -0.1) is 10.2 Å². The van der Waals surface area contributed by atoms with E-state index in [1.165, 1.54) is 23.3 Å². The van der Waals surface area contributed by atoms with Crippen LogP contribution in [0.3, 0.4) is 0 Å². The number of Topliss-reactive ketones (excluding diaryl/α,β-unsaturated/α-hetero) is 1. The molecule has 7 nitrogen and oxygen atoms in total. The molecule has 1 amide bonds.